The third-order valence-corrected chi connectivity index (χ3v) is 4.05. The van der Waals surface area contributed by atoms with Crippen molar-refractivity contribution >= 4 is 5.97 Å². The summed E-state index contributed by atoms with van der Waals surface area (Å²) in [4.78, 5) is 10.8. The van der Waals surface area contributed by atoms with Crippen molar-refractivity contribution < 1.29 is 14.2 Å². The van der Waals surface area contributed by atoms with Crippen molar-refractivity contribution in [3.8, 4) is 0 Å². The molecule has 2 aliphatic heterocycles. The zero-order valence-corrected chi connectivity index (χ0v) is 9.98. The number of fused-ring (bicyclic) bond motifs is 1. The average molecular weight is 227 g/mol. The molecule has 3 atom stereocenters. The Morgan fingerprint density at radius 1 is 1.31 bits per heavy atom. The number of piperidine rings is 2. The smallest absolute Gasteiger partial charge is 0.302 e. The highest BCUT2D eigenvalue weighted by Gasteiger charge is 2.41. The molecule has 0 radical (unpaired) electrons. The summed E-state index contributed by atoms with van der Waals surface area (Å²) in [7, 11) is 0. The van der Waals surface area contributed by atoms with E-state index < -0.39 is 0 Å². The zero-order valence-electron chi connectivity index (χ0n) is 9.98. The van der Waals surface area contributed by atoms with E-state index >= 15 is 0 Å². The summed E-state index contributed by atoms with van der Waals surface area (Å²) in [6, 6.07) is 0.182. The summed E-state index contributed by atoms with van der Waals surface area (Å²) >= 11 is 0. The summed E-state index contributed by atoms with van der Waals surface area (Å²) in [6.45, 7) is 3.41. The number of carbonyl (C=O) groups is 1. The molecule has 2 aliphatic rings. The molecule has 0 aromatic heterocycles. The number of hydrogen-bond donors (Lipinski definition) is 0. The number of carbonyl (C=O) groups excluding carboxylic acids is 1. The van der Waals surface area contributed by atoms with Crippen molar-refractivity contribution in [3.63, 3.8) is 0 Å². The molecule has 92 valence electrons. The second-order valence-electron chi connectivity index (χ2n) is 5.17. The minimum atomic E-state index is -0.231. The minimum Gasteiger partial charge on any atom is -0.633 e. The summed E-state index contributed by atoms with van der Waals surface area (Å²) in [5.41, 5.74) is 0. The van der Waals surface area contributed by atoms with E-state index in [1.54, 1.807) is 0 Å². The van der Waals surface area contributed by atoms with Crippen LogP contribution in [-0.2, 0) is 9.53 Å². The van der Waals surface area contributed by atoms with Crippen LogP contribution in [0, 0.1) is 11.1 Å². The number of ether oxygens (including phenoxy) is 1. The lowest BCUT2D eigenvalue weighted by atomic mass is 9.83. The Hall–Kier alpha value is -0.610. The predicted molar refractivity (Wildman–Crippen MR) is 60.4 cm³/mol. The van der Waals surface area contributed by atoms with Gasteiger partial charge in [0.25, 0.3) is 0 Å². The van der Waals surface area contributed by atoms with Crippen LogP contribution in [0.25, 0.3) is 0 Å². The van der Waals surface area contributed by atoms with Gasteiger partial charge >= 0.3 is 5.97 Å². The average Bonchev–Trinajstić information content (AvgIpc) is 2.25. The van der Waals surface area contributed by atoms with Crippen molar-refractivity contribution in [1.29, 1.82) is 0 Å². The summed E-state index contributed by atoms with van der Waals surface area (Å²) in [5, 5.41) is 12.6. The lowest BCUT2D eigenvalue weighted by molar-refractivity contribution is -0.920. The van der Waals surface area contributed by atoms with Crippen LogP contribution in [0.1, 0.15) is 39.0 Å². The molecule has 0 saturated carbocycles. The predicted octanol–water partition coefficient (Wildman–Crippen LogP) is 1.83. The summed E-state index contributed by atoms with van der Waals surface area (Å²) < 4.78 is 5.07. The fourth-order valence-electron chi connectivity index (χ4n) is 3.26. The van der Waals surface area contributed by atoms with Crippen molar-refractivity contribution in [1.82, 2.24) is 0 Å². The van der Waals surface area contributed by atoms with Gasteiger partial charge in [0, 0.05) is 19.3 Å². The normalized spacial score (nSPS) is 38.9. The molecule has 0 N–H and O–H groups in total. The van der Waals surface area contributed by atoms with E-state index in [2.05, 4.69) is 0 Å². The van der Waals surface area contributed by atoms with Gasteiger partial charge in [-0.15, -0.1) is 0 Å². The van der Waals surface area contributed by atoms with E-state index in [0.717, 1.165) is 45.2 Å². The largest absolute Gasteiger partial charge is 0.633 e. The maximum atomic E-state index is 12.6. The topological polar surface area (TPSA) is 49.4 Å². The van der Waals surface area contributed by atoms with Gasteiger partial charge in [-0.3, -0.25) is 4.79 Å². The molecule has 4 heteroatoms. The Morgan fingerprint density at radius 3 is 2.81 bits per heavy atom. The number of hydrogen-bond acceptors (Lipinski definition) is 3. The van der Waals surface area contributed by atoms with Gasteiger partial charge in [0.05, 0.1) is 25.7 Å². The maximum absolute atomic E-state index is 12.6. The molecular formula is C12H21NO3. The van der Waals surface area contributed by atoms with Crippen LogP contribution in [0.4, 0.5) is 0 Å². The third kappa shape index (κ3) is 2.38. The lowest BCUT2D eigenvalue weighted by Crippen LogP contribution is -2.60. The van der Waals surface area contributed by atoms with Crippen LogP contribution in [0.15, 0.2) is 0 Å². The quantitative estimate of drug-likeness (QED) is 0.411. The molecule has 0 amide bonds. The molecule has 3 unspecified atom stereocenters. The molecule has 4 nitrogen and oxygen atoms in total. The highest BCUT2D eigenvalue weighted by Crippen LogP contribution is 2.36. The van der Waals surface area contributed by atoms with Crippen LogP contribution >= 0.6 is 0 Å². The molecule has 0 aromatic rings. The first-order chi connectivity index (χ1) is 7.62. The number of esters is 1. The number of quaternary nitrogens is 1. The molecule has 0 aliphatic carbocycles. The van der Waals surface area contributed by atoms with E-state index in [1.165, 1.54) is 6.92 Å². The third-order valence-electron chi connectivity index (χ3n) is 4.05. The molecule has 2 saturated heterocycles. The number of hydroxylamine groups is 3. The van der Waals surface area contributed by atoms with Crippen molar-refractivity contribution in [2.45, 2.75) is 45.1 Å². The molecule has 0 bridgehead atoms. The van der Waals surface area contributed by atoms with Gasteiger partial charge in [-0.2, -0.15) is 0 Å². The van der Waals surface area contributed by atoms with E-state index in [1.807, 2.05) is 0 Å². The SMILES string of the molecule is CC(=O)OCC1CCC[N+]2([O-])CCCCC12. The zero-order chi connectivity index (χ0) is 11.6. The van der Waals surface area contributed by atoms with E-state index in [4.69, 9.17) is 4.74 Å². The van der Waals surface area contributed by atoms with Crippen LogP contribution < -0.4 is 0 Å². The van der Waals surface area contributed by atoms with Crippen LogP contribution in [-0.4, -0.2) is 36.4 Å². The van der Waals surface area contributed by atoms with Crippen molar-refractivity contribution in [2.75, 3.05) is 19.7 Å². The van der Waals surface area contributed by atoms with Gasteiger partial charge in [-0.1, -0.05) is 0 Å². The first-order valence-electron chi connectivity index (χ1n) is 6.33. The number of nitrogens with zero attached hydrogens (tertiary/aromatic N) is 1. The fraction of sp³-hybridized carbons (Fsp3) is 0.917. The Balaban J connectivity index is 1.99. The Kier molecular flexibility index (Phi) is 3.50. The summed E-state index contributed by atoms with van der Waals surface area (Å²) in [5.74, 6) is 0.0563. The Morgan fingerprint density at radius 2 is 2.06 bits per heavy atom. The fourth-order valence-corrected chi connectivity index (χ4v) is 3.26. The molecular weight excluding hydrogens is 206 g/mol. The van der Waals surface area contributed by atoms with Gasteiger partial charge in [0.2, 0.25) is 0 Å². The van der Waals surface area contributed by atoms with E-state index in [0.29, 0.717) is 6.61 Å². The van der Waals surface area contributed by atoms with Crippen molar-refractivity contribution in [2.24, 2.45) is 5.92 Å². The first kappa shape index (κ1) is 11.9. The van der Waals surface area contributed by atoms with Crippen LogP contribution in [0.3, 0.4) is 0 Å². The monoisotopic (exact) mass is 227 g/mol. The van der Waals surface area contributed by atoms with Gasteiger partial charge in [0.15, 0.2) is 0 Å². The van der Waals surface area contributed by atoms with Crippen LogP contribution in [0.5, 0.6) is 0 Å². The second-order valence-corrected chi connectivity index (χ2v) is 5.17. The molecule has 0 spiro atoms. The van der Waals surface area contributed by atoms with Gasteiger partial charge in [-0.05, 0) is 25.7 Å². The maximum Gasteiger partial charge on any atom is 0.302 e. The number of rotatable bonds is 2. The highest BCUT2D eigenvalue weighted by atomic mass is 16.6. The Bertz CT molecular complexity index is 265. The lowest BCUT2D eigenvalue weighted by Gasteiger charge is -2.56. The molecule has 2 fully saturated rings. The second kappa shape index (κ2) is 4.72. The molecule has 2 heterocycles. The van der Waals surface area contributed by atoms with E-state index in [9.17, 15) is 10.0 Å². The van der Waals surface area contributed by atoms with Crippen molar-refractivity contribution in [3.05, 3.63) is 5.21 Å². The Labute approximate surface area is 96.7 Å². The molecule has 0 aromatic carbocycles. The van der Waals surface area contributed by atoms with Gasteiger partial charge in [0.1, 0.15) is 0 Å². The summed E-state index contributed by atoms with van der Waals surface area (Å²) in [6.07, 6.45) is 5.24. The standard InChI is InChI=1S/C12H21NO3/c1-10(14)16-9-11-5-4-8-13(15)7-3-2-6-12(11)13/h11-12H,2-9H2,1H3. The van der Waals surface area contributed by atoms with Gasteiger partial charge in [-0.25, -0.2) is 0 Å². The molecule has 2 rings (SSSR count). The highest BCUT2D eigenvalue weighted by molar-refractivity contribution is 5.65. The van der Waals surface area contributed by atoms with Crippen LogP contribution in [0.2, 0.25) is 0 Å². The molecule has 16 heavy (non-hydrogen) atoms. The minimum absolute atomic E-state index is 0.0219. The van der Waals surface area contributed by atoms with E-state index in [-0.39, 0.29) is 22.6 Å². The first-order valence-corrected chi connectivity index (χ1v) is 6.33. The van der Waals surface area contributed by atoms with Gasteiger partial charge < -0.3 is 14.6 Å².